The zero-order chi connectivity index (χ0) is 0. The van der Waals surface area contributed by atoms with Crippen molar-refractivity contribution in [3.05, 3.63) is 0 Å². The van der Waals surface area contributed by atoms with Gasteiger partial charge in [-0.1, -0.05) is 0 Å². The van der Waals surface area contributed by atoms with Crippen LogP contribution in [0.4, 0.5) is 0 Å². The Hall–Kier alpha value is 3.37. The second kappa shape index (κ2) is 141. The van der Waals surface area contributed by atoms with Gasteiger partial charge in [0.1, 0.15) is 0 Å². The minimum absolute atomic E-state index is 0. The molecule has 0 unspecified atom stereocenters. The van der Waals surface area contributed by atoms with Crippen LogP contribution in [-0.2, 0) is 86.2 Å². The fourth-order valence-electron chi connectivity index (χ4n) is 0. The van der Waals surface area contributed by atoms with E-state index in [0.29, 0.717) is 0 Å². The molecule has 0 aromatic heterocycles. The zero-order valence-electron chi connectivity index (χ0n) is 5.74. The first-order valence-electron chi connectivity index (χ1n) is 0. The monoisotopic (exact) mass is 378 g/mol. The second-order valence-electron chi connectivity index (χ2n) is 0. The molecule has 4 nitrogen and oxygen atoms in total. The fraction of sp³-hybridized carbons (Fsp3) is 0. The molecule has 0 radical (unpaired) electrons. The molecule has 10 heavy (non-hydrogen) atoms. The summed E-state index contributed by atoms with van der Waals surface area (Å²) in [5.74, 6) is 0. The minimum atomic E-state index is 0. The average molecular weight is 376 g/mol. The number of hydrogen-bond donors (Lipinski definition) is 4. The van der Waals surface area contributed by atoms with E-state index in [-0.39, 0.29) is 138 Å². The summed E-state index contributed by atoms with van der Waals surface area (Å²) in [5, 5.41) is 0. The first-order valence-corrected chi connectivity index (χ1v) is 0. The number of hydrogen-bond acceptors (Lipinski definition) is 4. The van der Waals surface area contributed by atoms with E-state index in [9.17, 15) is 0 Å². The molecule has 0 fully saturated rings. The third kappa shape index (κ3) is 108. The first kappa shape index (κ1) is 180. The summed E-state index contributed by atoms with van der Waals surface area (Å²) in [6.45, 7) is 0. The molecule has 0 rings (SSSR count). The molecule has 0 aliphatic rings. The molecule has 0 aliphatic carbocycles. The Labute approximate surface area is 136 Å². The van der Waals surface area contributed by atoms with Crippen molar-refractivity contribution in [2.75, 3.05) is 0 Å². The molecular formula is H16MoN4S2Ti3. The molecule has 0 heterocycles. The molecule has 10 heteroatoms. The summed E-state index contributed by atoms with van der Waals surface area (Å²) in [6, 6.07) is 0. The van der Waals surface area contributed by atoms with Crippen molar-refractivity contribution in [2.24, 2.45) is 0 Å². The summed E-state index contributed by atoms with van der Waals surface area (Å²) in [6.07, 6.45) is 0. The van der Waals surface area contributed by atoms with Crippen LogP contribution in [0.3, 0.4) is 0 Å². The van der Waals surface area contributed by atoms with Gasteiger partial charge in [-0.3, -0.25) is 0 Å². The van der Waals surface area contributed by atoms with Crippen molar-refractivity contribution in [1.82, 2.24) is 24.6 Å². The van der Waals surface area contributed by atoms with Crippen LogP contribution in [0.5, 0.6) is 0 Å². The molecular weight excluding hydrogens is 360 g/mol. The van der Waals surface area contributed by atoms with E-state index in [2.05, 4.69) is 0 Å². The maximum Gasteiger partial charge on any atom is 0 e. The summed E-state index contributed by atoms with van der Waals surface area (Å²) in [4.78, 5) is 0. The SMILES string of the molecule is N.N.N.N.S.S.[Mo].[Ti].[Ti].[Ti]. The van der Waals surface area contributed by atoms with Gasteiger partial charge in [-0.05, 0) is 0 Å². The van der Waals surface area contributed by atoms with Gasteiger partial charge in [0.2, 0.25) is 0 Å². The van der Waals surface area contributed by atoms with E-state index in [4.69, 9.17) is 0 Å². The van der Waals surface area contributed by atoms with E-state index in [0.717, 1.165) is 0 Å². The van der Waals surface area contributed by atoms with Crippen LogP contribution in [0.2, 0.25) is 0 Å². The molecule has 0 saturated heterocycles. The van der Waals surface area contributed by atoms with Gasteiger partial charge in [-0.2, -0.15) is 27.0 Å². The molecule has 0 spiro atoms. The Bertz CT molecular complexity index is 18.5. The van der Waals surface area contributed by atoms with Crippen molar-refractivity contribution in [3.8, 4) is 0 Å². The maximum absolute atomic E-state index is 0. The van der Waals surface area contributed by atoms with E-state index in [1.54, 1.807) is 0 Å². The van der Waals surface area contributed by atoms with Crippen molar-refractivity contribution in [3.63, 3.8) is 0 Å². The summed E-state index contributed by atoms with van der Waals surface area (Å²) in [5.41, 5.74) is 0. The van der Waals surface area contributed by atoms with Crippen molar-refractivity contribution >= 4 is 27.0 Å². The van der Waals surface area contributed by atoms with E-state index in [1.807, 2.05) is 0 Å². The Morgan fingerprint density at radius 2 is 0.400 bits per heavy atom. The van der Waals surface area contributed by atoms with Gasteiger partial charge in [-0.15, -0.1) is 0 Å². The van der Waals surface area contributed by atoms with Crippen LogP contribution in [-0.4, -0.2) is 0 Å². The predicted octanol–water partition coefficient (Wildman–Crippen LogP) is 0.864. The summed E-state index contributed by atoms with van der Waals surface area (Å²) in [7, 11) is 0. The normalized spacial score (nSPS) is 0. The Morgan fingerprint density at radius 3 is 0.400 bits per heavy atom. The van der Waals surface area contributed by atoms with Gasteiger partial charge in [0.25, 0.3) is 0 Å². The second-order valence-corrected chi connectivity index (χ2v) is 0. The van der Waals surface area contributed by atoms with Crippen LogP contribution in [0.25, 0.3) is 0 Å². The quantitative estimate of drug-likeness (QED) is 0.466. The van der Waals surface area contributed by atoms with Crippen molar-refractivity contribution < 1.29 is 86.2 Å². The van der Waals surface area contributed by atoms with Crippen LogP contribution in [0, 0.1) is 0 Å². The maximum atomic E-state index is 0. The summed E-state index contributed by atoms with van der Waals surface area (Å²) < 4.78 is 0. The molecule has 0 aliphatic heterocycles. The van der Waals surface area contributed by atoms with E-state index < -0.39 is 0 Å². The molecule has 0 aromatic rings. The minimum Gasteiger partial charge on any atom is -0.344 e. The van der Waals surface area contributed by atoms with Crippen molar-refractivity contribution in [1.29, 1.82) is 0 Å². The topological polar surface area (TPSA) is 140 Å². The standard InChI is InChI=1S/Mo.4H3N.2H2S.3Ti/h;4*1H3;2*1H2;;;. The zero-order valence-corrected chi connectivity index (χ0v) is 14.4. The summed E-state index contributed by atoms with van der Waals surface area (Å²) >= 11 is 0. The van der Waals surface area contributed by atoms with Gasteiger partial charge < -0.3 is 24.6 Å². The molecule has 0 atom stereocenters. The Morgan fingerprint density at radius 1 is 0.400 bits per heavy atom. The van der Waals surface area contributed by atoms with E-state index in [1.165, 1.54) is 0 Å². The van der Waals surface area contributed by atoms with Crippen LogP contribution in [0.1, 0.15) is 0 Å². The molecule has 0 amide bonds. The molecule has 12 N–H and O–H groups in total. The smallest absolute Gasteiger partial charge is 0 e. The van der Waals surface area contributed by atoms with Crippen LogP contribution < -0.4 is 24.6 Å². The predicted molar refractivity (Wildman–Crippen MR) is 40.9 cm³/mol. The van der Waals surface area contributed by atoms with Gasteiger partial charge >= 0.3 is 0 Å². The van der Waals surface area contributed by atoms with Gasteiger partial charge in [0.15, 0.2) is 0 Å². The van der Waals surface area contributed by atoms with Crippen LogP contribution in [0.15, 0.2) is 0 Å². The largest absolute Gasteiger partial charge is 0.344 e. The third-order valence-corrected chi connectivity index (χ3v) is 0. The van der Waals surface area contributed by atoms with E-state index >= 15 is 0 Å². The average Bonchev–Trinajstić information content (AvgIpc) is 0. The number of rotatable bonds is 0. The fourth-order valence-corrected chi connectivity index (χ4v) is 0. The van der Waals surface area contributed by atoms with Gasteiger partial charge in [0, 0.05) is 86.2 Å². The Balaban J connectivity index is 0. The molecule has 0 aromatic carbocycles. The molecule has 66 valence electrons. The Kier molecular flexibility index (Phi) is 2530. The third-order valence-electron chi connectivity index (χ3n) is 0. The van der Waals surface area contributed by atoms with Gasteiger partial charge in [0.05, 0.1) is 0 Å². The molecule has 0 bridgehead atoms. The molecule has 0 saturated carbocycles. The van der Waals surface area contributed by atoms with Gasteiger partial charge in [-0.25, -0.2) is 0 Å². The first-order chi connectivity index (χ1) is 0. The van der Waals surface area contributed by atoms with Crippen molar-refractivity contribution in [2.45, 2.75) is 0 Å². The van der Waals surface area contributed by atoms with Crippen LogP contribution >= 0.6 is 27.0 Å².